The number of amides is 8. The van der Waals surface area contributed by atoms with Gasteiger partial charge >= 0.3 is 5.97 Å². The third-order valence-electron chi connectivity index (χ3n) is 15.0. The highest BCUT2D eigenvalue weighted by Gasteiger charge is 2.48. The van der Waals surface area contributed by atoms with Gasteiger partial charge in [0.05, 0.1) is 6.42 Å². The summed E-state index contributed by atoms with van der Waals surface area (Å²) in [6, 6.07) is 35.7. The van der Waals surface area contributed by atoms with Crippen molar-refractivity contribution in [2.75, 3.05) is 34.8 Å². The summed E-state index contributed by atoms with van der Waals surface area (Å²) in [5.41, 5.74) is 3.37. The molecule has 1 N–H and O–H groups in total. The number of benzene rings is 5. The van der Waals surface area contributed by atoms with Crippen molar-refractivity contribution in [3.63, 3.8) is 0 Å². The molecule has 8 amide bonds. The van der Waals surface area contributed by atoms with Crippen molar-refractivity contribution in [1.29, 1.82) is 0 Å². The van der Waals surface area contributed by atoms with Crippen LogP contribution in [0.2, 0.25) is 20.1 Å². The van der Waals surface area contributed by atoms with E-state index in [1.807, 2.05) is 61.5 Å². The molecular formula is C62H70Cl4N8O11. The molecule has 4 heterocycles. The lowest BCUT2D eigenvalue weighted by Crippen LogP contribution is -2.40. The predicted molar refractivity (Wildman–Crippen MR) is 322 cm³/mol. The monoisotopic (exact) mass is 1240 g/mol. The Balaban J connectivity index is 0.000000183. The van der Waals surface area contributed by atoms with Gasteiger partial charge in [0.1, 0.15) is 54.6 Å². The van der Waals surface area contributed by atoms with Gasteiger partial charge in [0.2, 0.25) is 41.4 Å². The molecule has 0 aliphatic carbocycles. The molecule has 4 aliphatic heterocycles. The first-order chi connectivity index (χ1) is 40.2. The van der Waals surface area contributed by atoms with Crippen LogP contribution in [0.1, 0.15) is 114 Å². The second kappa shape index (κ2) is 29.4. The number of hydrogen-bond donors (Lipinski definition) is 1. The molecule has 9 rings (SSSR count). The molecule has 8 atom stereocenters. The third kappa shape index (κ3) is 15.4. The second-order valence-corrected chi connectivity index (χ2v) is 22.5. The molecule has 4 unspecified atom stereocenters. The van der Waals surface area contributed by atoms with Gasteiger partial charge in [0.15, 0.2) is 6.61 Å². The van der Waals surface area contributed by atoms with Gasteiger partial charge in [-0.2, -0.15) is 0 Å². The van der Waals surface area contributed by atoms with Crippen LogP contribution < -0.4 is 4.74 Å². The zero-order chi connectivity index (χ0) is 62.7. The smallest absolute Gasteiger partial charge is 0.303 e. The second-order valence-electron chi connectivity index (χ2n) is 20.8. The van der Waals surface area contributed by atoms with E-state index in [-0.39, 0.29) is 79.0 Å². The fraction of sp³-hybridized carbons (Fsp3) is 0.371. The fourth-order valence-electron chi connectivity index (χ4n) is 10.7. The minimum atomic E-state index is -1.04. The van der Waals surface area contributed by atoms with Crippen molar-refractivity contribution < 1.29 is 53.0 Å². The minimum absolute atomic E-state index is 0.0117. The number of carbonyl (C=O) groups is 9. The number of carboxylic acids is 1. The number of para-hydroxylation sites is 1. The third-order valence-corrected chi connectivity index (χ3v) is 16.0. The quantitative estimate of drug-likeness (QED) is 0.124. The van der Waals surface area contributed by atoms with Crippen molar-refractivity contribution in [2.45, 2.75) is 116 Å². The molecule has 4 fully saturated rings. The highest BCUT2D eigenvalue weighted by atomic mass is 35.5. The maximum atomic E-state index is 12.8. The Labute approximate surface area is 515 Å². The molecule has 5 aromatic rings. The lowest BCUT2D eigenvalue weighted by molar-refractivity contribution is -0.142. The number of carboxylic acid groups (broad SMARTS) is 1. The van der Waals surface area contributed by atoms with Crippen LogP contribution in [0.4, 0.5) is 0 Å². The van der Waals surface area contributed by atoms with Gasteiger partial charge in [-0.05, 0) is 117 Å². The Bertz CT molecular complexity index is 3220. The molecule has 19 nitrogen and oxygen atoms in total. The number of aliphatic carboxylic acids is 1. The fourth-order valence-corrected chi connectivity index (χ4v) is 11.2. The number of halogens is 4. The van der Waals surface area contributed by atoms with Crippen molar-refractivity contribution in [1.82, 2.24) is 39.2 Å². The van der Waals surface area contributed by atoms with Crippen LogP contribution in [0.3, 0.4) is 0 Å². The summed E-state index contributed by atoms with van der Waals surface area (Å²) in [4.78, 5) is 121. The van der Waals surface area contributed by atoms with E-state index in [4.69, 9.17) is 56.2 Å². The lowest BCUT2D eigenvalue weighted by Gasteiger charge is -2.29. The van der Waals surface area contributed by atoms with E-state index in [9.17, 15) is 43.2 Å². The largest absolute Gasteiger partial charge is 0.484 e. The number of likely N-dealkylation sites (N-methyl/N-ethyl adjacent to an activating group) is 4. The van der Waals surface area contributed by atoms with Crippen LogP contribution in [0.25, 0.3) is 0 Å². The summed E-state index contributed by atoms with van der Waals surface area (Å²) in [7, 11) is 6.77. The SMILES string of the molecule is CC(=O)N1C(c2ccc(Cl)cc2)N(C)C(=O)[C@H]1C.CCCC(=O)N1C(c2ccc(Cl)cc2)N(C)C(=O)[C@H]1C.C[C@@H]1C(=O)N(C)C(c2ccc(Cl)cc2)N1C(=O)CCC(=O)O.C[C@@H]1C(=O)N(C)C(c2ccc(Cl)cc2)N1C(=O)COc1ccccc1. The first-order valence-corrected chi connectivity index (χ1v) is 28.9. The van der Waals surface area contributed by atoms with Crippen molar-refractivity contribution in [3.05, 3.63) is 170 Å². The number of hydrogen-bond acceptors (Lipinski definition) is 10. The van der Waals surface area contributed by atoms with Crippen LogP contribution in [0.15, 0.2) is 127 Å². The molecule has 4 aliphatic rings. The number of nitrogens with zero attached hydrogens (tertiary/aromatic N) is 8. The average molecular weight is 1250 g/mol. The zero-order valence-electron chi connectivity index (χ0n) is 48.9. The van der Waals surface area contributed by atoms with Gasteiger partial charge in [-0.1, -0.05) is 120 Å². The maximum Gasteiger partial charge on any atom is 0.303 e. The molecule has 85 heavy (non-hydrogen) atoms. The molecule has 0 saturated carbocycles. The number of carbonyl (C=O) groups excluding carboxylic acids is 8. The van der Waals surface area contributed by atoms with Crippen molar-refractivity contribution in [2.24, 2.45) is 0 Å². The predicted octanol–water partition coefficient (Wildman–Crippen LogP) is 9.87. The van der Waals surface area contributed by atoms with Crippen LogP contribution in [0.5, 0.6) is 5.75 Å². The summed E-state index contributed by atoms with van der Waals surface area (Å²) >= 11 is 23.6. The number of ether oxygens (including phenoxy) is 1. The highest BCUT2D eigenvalue weighted by Crippen LogP contribution is 2.38. The Morgan fingerprint density at radius 1 is 0.424 bits per heavy atom. The van der Waals surface area contributed by atoms with E-state index < -0.39 is 42.5 Å². The normalized spacial score (nSPS) is 21.7. The van der Waals surface area contributed by atoms with Crippen LogP contribution in [0, 0.1) is 0 Å². The molecule has 0 bridgehead atoms. The first-order valence-electron chi connectivity index (χ1n) is 27.4. The summed E-state index contributed by atoms with van der Waals surface area (Å²) in [5, 5.41) is 11.2. The van der Waals surface area contributed by atoms with Gasteiger partial charge in [-0.3, -0.25) is 43.2 Å². The molecule has 0 spiro atoms. The van der Waals surface area contributed by atoms with E-state index in [2.05, 4.69) is 0 Å². The molecule has 452 valence electrons. The first kappa shape index (κ1) is 66.4. The average Bonchev–Trinajstić information content (AvgIpc) is 2.20. The molecule has 4 saturated heterocycles. The summed E-state index contributed by atoms with van der Waals surface area (Å²) < 4.78 is 5.56. The summed E-state index contributed by atoms with van der Waals surface area (Å²) in [6.07, 6.45) is -0.857. The van der Waals surface area contributed by atoms with Crippen LogP contribution in [-0.4, -0.2) is 156 Å². The molecule has 5 aromatic carbocycles. The Morgan fingerprint density at radius 2 is 0.706 bits per heavy atom. The zero-order valence-corrected chi connectivity index (χ0v) is 51.9. The van der Waals surface area contributed by atoms with Crippen molar-refractivity contribution >= 4 is 99.6 Å². The van der Waals surface area contributed by atoms with E-state index >= 15 is 0 Å². The van der Waals surface area contributed by atoms with Gasteiger partial charge in [0, 0.05) is 68.0 Å². The summed E-state index contributed by atoms with van der Waals surface area (Å²) in [6.45, 7) is 10.2. The van der Waals surface area contributed by atoms with Gasteiger partial charge in [-0.25, -0.2) is 0 Å². The van der Waals surface area contributed by atoms with E-state index in [1.54, 1.807) is 158 Å². The van der Waals surface area contributed by atoms with E-state index in [0.717, 1.165) is 28.7 Å². The van der Waals surface area contributed by atoms with Crippen molar-refractivity contribution in [3.8, 4) is 5.75 Å². The number of rotatable bonds is 12. The molecular weight excluding hydrogens is 1170 g/mol. The van der Waals surface area contributed by atoms with Crippen LogP contribution in [-0.2, 0) is 43.2 Å². The Kier molecular flexibility index (Phi) is 23.0. The topological polar surface area (TPSA) is 209 Å². The molecule has 0 radical (unpaired) electrons. The van der Waals surface area contributed by atoms with Gasteiger partial charge in [0.25, 0.3) is 5.91 Å². The molecule has 0 aromatic heterocycles. The van der Waals surface area contributed by atoms with Gasteiger partial charge < -0.3 is 49.0 Å². The van der Waals surface area contributed by atoms with E-state index in [0.29, 0.717) is 32.3 Å². The highest BCUT2D eigenvalue weighted by molar-refractivity contribution is 6.31. The molecule has 23 heteroatoms. The van der Waals surface area contributed by atoms with Crippen LogP contribution >= 0.6 is 46.4 Å². The minimum Gasteiger partial charge on any atom is -0.484 e. The standard InChI is InChI=1S/C19H19ClN2O3.C15H17ClN2O4.C15H19ClN2O2.C13H15ClN2O2/c1-13-19(24)21(2)18(14-8-10-15(20)11-9-14)22(13)17(23)12-25-16-6-4-3-5-7-16;1-9-15(22)17(2)14(10-3-5-11(16)6-4-10)18(9)12(19)7-8-13(20)21;1-4-5-13(19)18-10(2)15(20)17(3)14(18)11-6-8-12(16)9-7-11;1-8-13(18)15(3)12(16(8)9(2)17)10-4-6-11(14)7-5-10/h3-11,13,18H,12H2,1-2H3;3-6,9,14H,7-8H2,1-2H3,(H,20,21);6-10,14H,4-5H2,1-3H3;4-8,12H,1-3H3/t13-,18?;9-,14?;10-,14?;8-,12?/m1111/s1. The van der Waals surface area contributed by atoms with Gasteiger partial charge in [-0.15, -0.1) is 0 Å². The summed E-state index contributed by atoms with van der Waals surface area (Å²) in [5.74, 6) is -1.48. The maximum absolute atomic E-state index is 12.8. The van der Waals surface area contributed by atoms with E-state index in [1.165, 1.54) is 16.7 Å². The Hall–Kier alpha value is -7.71. The lowest BCUT2D eigenvalue weighted by atomic mass is 10.1. The Morgan fingerprint density at radius 3 is 1.00 bits per heavy atom.